The Labute approximate surface area is 311 Å². The normalized spacial score (nSPS) is 18.9. The van der Waals surface area contributed by atoms with E-state index in [-0.39, 0.29) is 23.6 Å². The molecule has 3 aliphatic rings. The van der Waals surface area contributed by atoms with Gasteiger partial charge >= 0.3 is 0 Å². The van der Waals surface area contributed by atoms with Gasteiger partial charge in [0.1, 0.15) is 0 Å². The summed E-state index contributed by atoms with van der Waals surface area (Å²) in [4.78, 5) is 59.4. The molecule has 53 heavy (non-hydrogen) atoms. The molecule has 8 rings (SSSR count). The van der Waals surface area contributed by atoms with Crippen LogP contribution in [0.1, 0.15) is 153 Å². The first kappa shape index (κ1) is 35.6. The van der Waals surface area contributed by atoms with Gasteiger partial charge in [0, 0.05) is 56.7 Å². The van der Waals surface area contributed by atoms with Crippen molar-refractivity contribution in [3.05, 3.63) is 70.8 Å². The van der Waals surface area contributed by atoms with Crippen LogP contribution in [-0.4, -0.2) is 62.2 Å². The number of imide groups is 2. The number of nitrogens with zero attached hydrogens (tertiary/aromatic N) is 3. The van der Waals surface area contributed by atoms with Gasteiger partial charge in [-0.05, 0) is 104 Å². The molecule has 1 fully saturated rings. The number of piperidine rings is 1. The quantitative estimate of drug-likeness (QED) is 0.0555. The summed E-state index contributed by atoms with van der Waals surface area (Å²) in [5.41, 5.74) is 0.540. The van der Waals surface area contributed by atoms with Crippen LogP contribution in [0.25, 0.3) is 43.1 Å². The van der Waals surface area contributed by atoms with Crippen molar-refractivity contribution in [2.24, 2.45) is 0 Å². The zero-order chi connectivity index (χ0) is 37.4. The Kier molecular flexibility index (Phi) is 8.85. The summed E-state index contributed by atoms with van der Waals surface area (Å²) in [6, 6.07) is 14.7. The molecule has 0 N–H and O–H groups in total. The van der Waals surface area contributed by atoms with E-state index in [1.54, 1.807) is 0 Å². The van der Waals surface area contributed by atoms with Crippen molar-refractivity contribution in [1.82, 2.24) is 14.9 Å². The van der Waals surface area contributed by atoms with Gasteiger partial charge in [-0.3, -0.25) is 29.0 Å². The second kappa shape index (κ2) is 13.2. The number of hydrogen-bond donors (Lipinski definition) is 0. The summed E-state index contributed by atoms with van der Waals surface area (Å²) in [6.45, 7) is 10.1. The Morgan fingerprint density at radius 3 is 1.26 bits per heavy atom. The Balaban J connectivity index is 1.12. The van der Waals surface area contributed by atoms with Crippen LogP contribution in [0, 0.1) is 0 Å². The molecule has 0 saturated carbocycles. The summed E-state index contributed by atoms with van der Waals surface area (Å²) in [5, 5.41) is 20.8. The number of benzene rings is 5. The Hall–Kier alpha value is -4.40. The van der Waals surface area contributed by atoms with Gasteiger partial charge in [-0.2, -0.15) is 0 Å². The average molecular weight is 713 g/mol. The molecule has 0 aliphatic carbocycles. The third-order valence-electron chi connectivity index (χ3n) is 12.4. The maximum absolute atomic E-state index is 14.3. The van der Waals surface area contributed by atoms with Crippen LogP contribution >= 0.6 is 0 Å². The highest BCUT2D eigenvalue weighted by atomic mass is 16.5. The lowest BCUT2D eigenvalue weighted by Gasteiger charge is -2.52. The molecule has 5 aromatic rings. The van der Waals surface area contributed by atoms with E-state index in [2.05, 4.69) is 6.92 Å². The van der Waals surface area contributed by atoms with Crippen molar-refractivity contribution in [3.8, 4) is 0 Å². The standard InChI is InChI=1S/C45H50N3O5/c1-6-7-8-9-10-11-12-13-14-15-24-46-40(49)32-20-16-28-30-18-22-34-39-35(23-19-31(37(30)39)29-17-21-33(41(46)50)38(32)36(28)29)43(52)47(42(34)51)27-25-44(2,3)48(53)45(4,5)26-27/h16-23,27H,6-15,24-26H2,1-5H3. The van der Waals surface area contributed by atoms with E-state index in [1.807, 2.05) is 76.2 Å². The second-order valence-electron chi connectivity index (χ2n) is 17.0. The fraction of sp³-hybridized carbons (Fsp3) is 0.467. The minimum Gasteiger partial charge on any atom is -0.274 e. The van der Waals surface area contributed by atoms with Crippen LogP contribution in [0.3, 0.4) is 0 Å². The lowest BCUT2D eigenvalue weighted by molar-refractivity contribution is -0.292. The van der Waals surface area contributed by atoms with E-state index in [9.17, 15) is 24.4 Å². The molecule has 4 amide bonds. The average Bonchev–Trinajstić information content (AvgIpc) is 3.13. The van der Waals surface area contributed by atoms with Crippen molar-refractivity contribution < 1.29 is 24.4 Å². The number of hydrogen-bond acceptors (Lipinski definition) is 5. The minimum absolute atomic E-state index is 0.247. The third kappa shape index (κ3) is 5.55. The molecule has 0 spiro atoms. The van der Waals surface area contributed by atoms with Gasteiger partial charge in [0.05, 0.1) is 0 Å². The van der Waals surface area contributed by atoms with E-state index in [1.165, 1.54) is 54.7 Å². The molecular weight excluding hydrogens is 663 g/mol. The van der Waals surface area contributed by atoms with Crippen molar-refractivity contribution >= 4 is 66.7 Å². The van der Waals surface area contributed by atoms with Gasteiger partial charge in [0.15, 0.2) is 0 Å². The van der Waals surface area contributed by atoms with Crippen LogP contribution in [0.4, 0.5) is 0 Å². The van der Waals surface area contributed by atoms with Crippen LogP contribution in [0.5, 0.6) is 0 Å². The van der Waals surface area contributed by atoms with E-state index in [0.29, 0.717) is 52.4 Å². The molecule has 275 valence electrons. The number of unbranched alkanes of at least 4 members (excludes halogenated alkanes) is 9. The Bertz CT molecular complexity index is 2180. The zero-order valence-electron chi connectivity index (χ0n) is 31.8. The summed E-state index contributed by atoms with van der Waals surface area (Å²) in [5.74, 6) is -1.17. The van der Waals surface area contributed by atoms with Gasteiger partial charge in [-0.15, -0.1) is 10.3 Å². The fourth-order valence-corrected chi connectivity index (χ4v) is 10.0. The monoisotopic (exact) mass is 712 g/mol. The first-order valence-electron chi connectivity index (χ1n) is 19.8. The Morgan fingerprint density at radius 2 is 0.868 bits per heavy atom. The number of carbonyl (C=O) groups excluding carboxylic acids is 4. The van der Waals surface area contributed by atoms with Crippen molar-refractivity contribution in [3.63, 3.8) is 0 Å². The Morgan fingerprint density at radius 1 is 0.509 bits per heavy atom. The smallest absolute Gasteiger partial charge is 0.261 e. The first-order valence-corrected chi connectivity index (χ1v) is 19.8. The highest BCUT2D eigenvalue weighted by Crippen LogP contribution is 2.47. The van der Waals surface area contributed by atoms with Crippen molar-refractivity contribution in [1.29, 1.82) is 0 Å². The predicted octanol–water partition coefficient (Wildman–Crippen LogP) is 10.2. The number of amides is 4. The zero-order valence-corrected chi connectivity index (χ0v) is 31.8. The van der Waals surface area contributed by atoms with E-state index in [0.717, 1.165) is 56.6 Å². The second-order valence-corrected chi connectivity index (χ2v) is 17.0. The molecular formula is C45H50N3O5. The summed E-state index contributed by atoms with van der Waals surface area (Å²) >= 11 is 0. The molecule has 3 heterocycles. The number of rotatable bonds is 12. The third-order valence-corrected chi connectivity index (χ3v) is 12.4. The SMILES string of the molecule is CCCCCCCCCCCCN1C(=O)c2ccc3c4ccc5c6c(ccc(c7ccc(c2c37)C1=O)c64)C(=O)N(C1CC(C)(C)N([O])C(C)(C)C1)C5=O. The van der Waals surface area contributed by atoms with Gasteiger partial charge in [0.25, 0.3) is 23.6 Å². The molecule has 0 unspecified atom stereocenters. The van der Waals surface area contributed by atoms with Crippen LogP contribution in [0.2, 0.25) is 0 Å². The lowest BCUT2D eigenvalue weighted by Crippen LogP contribution is -2.64. The minimum atomic E-state index is -0.744. The van der Waals surface area contributed by atoms with E-state index >= 15 is 0 Å². The van der Waals surface area contributed by atoms with Crippen LogP contribution < -0.4 is 0 Å². The number of carbonyl (C=O) groups is 4. The number of hydroxylamine groups is 2. The lowest BCUT2D eigenvalue weighted by atomic mass is 9.77. The summed E-state index contributed by atoms with van der Waals surface area (Å²) in [6.07, 6.45) is 12.6. The topological polar surface area (TPSA) is 97.9 Å². The summed E-state index contributed by atoms with van der Waals surface area (Å²) in [7, 11) is 0. The van der Waals surface area contributed by atoms with Gasteiger partial charge in [-0.25, -0.2) is 0 Å². The summed E-state index contributed by atoms with van der Waals surface area (Å²) < 4.78 is 0. The van der Waals surface area contributed by atoms with Gasteiger partial charge in [0.2, 0.25) is 0 Å². The molecule has 0 atom stereocenters. The molecule has 8 heteroatoms. The molecule has 3 aliphatic heterocycles. The van der Waals surface area contributed by atoms with E-state index < -0.39 is 17.1 Å². The maximum Gasteiger partial charge on any atom is 0.261 e. The largest absolute Gasteiger partial charge is 0.274 e. The van der Waals surface area contributed by atoms with Crippen molar-refractivity contribution in [2.45, 2.75) is 129 Å². The highest BCUT2D eigenvalue weighted by Gasteiger charge is 2.51. The predicted molar refractivity (Wildman–Crippen MR) is 209 cm³/mol. The fourth-order valence-electron chi connectivity index (χ4n) is 10.0. The van der Waals surface area contributed by atoms with Crippen LogP contribution in [0.15, 0.2) is 48.5 Å². The van der Waals surface area contributed by atoms with Gasteiger partial charge in [-0.1, -0.05) is 89.0 Å². The molecule has 0 aromatic heterocycles. The van der Waals surface area contributed by atoms with Gasteiger partial charge < -0.3 is 0 Å². The van der Waals surface area contributed by atoms with E-state index in [4.69, 9.17) is 0 Å². The molecule has 0 bridgehead atoms. The highest BCUT2D eigenvalue weighted by molar-refractivity contribution is 6.41. The van der Waals surface area contributed by atoms with Crippen LogP contribution in [-0.2, 0) is 5.21 Å². The molecule has 1 radical (unpaired) electrons. The first-order chi connectivity index (χ1) is 25.4. The molecule has 8 nitrogen and oxygen atoms in total. The maximum atomic E-state index is 14.3. The molecule has 5 aromatic carbocycles. The molecule has 1 saturated heterocycles. The number of fused-ring (bicyclic) bond motifs is 2. The van der Waals surface area contributed by atoms with Crippen molar-refractivity contribution in [2.75, 3.05) is 6.54 Å².